The number of fused-ring (bicyclic) bond motifs is 1. The second kappa shape index (κ2) is 6.16. The molecule has 1 atom stereocenters. The fourth-order valence-electron chi connectivity index (χ4n) is 2.31. The van der Waals surface area contributed by atoms with E-state index in [1.165, 1.54) is 16.0 Å². The zero-order chi connectivity index (χ0) is 15.7. The van der Waals surface area contributed by atoms with Gasteiger partial charge in [0.25, 0.3) is 0 Å². The monoisotopic (exact) mass is 332 g/mol. The van der Waals surface area contributed by atoms with Crippen LogP contribution in [0.25, 0.3) is 10.2 Å². The highest BCUT2D eigenvalue weighted by Crippen LogP contribution is 2.30. The Balaban J connectivity index is 1.80. The number of carbonyl (C=O) groups is 1. The molecule has 4 nitrogen and oxygen atoms in total. The van der Waals surface area contributed by atoms with Crippen LogP contribution in [0.4, 0.5) is 0 Å². The van der Waals surface area contributed by atoms with Crippen molar-refractivity contribution in [2.24, 2.45) is 0 Å². The maximum atomic E-state index is 11.2. The number of aromatic carboxylic acids is 1. The minimum atomic E-state index is -0.856. The highest BCUT2D eigenvalue weighted by atomic mass is 32.1. The molecular weight excluding hydrogens is 316 g/mol. The van der Waals surface area contributed by atoms with Crippen molar-refractivity contribution in [3.8, 4) is 0 Å². The molecule has 0 aliphatic heterocycles. The summed E-state index contributed by atoms with van der Waals surface area (Å²) in [7, 11) is 2.00. The predicted molar refractivity (Wildman–Crippen MR) is 90.8 cm³/mol. The van der Waals surface area contributed by atoms with Gasteiger partial charge < -0.3 is 5.11 Å². The van der Waals surface area contributed by atoms with Crippen molar-refractivity contribution in [1.29, 1.82) is 0 Å². The highest BCUT2D eigenvalue weighted by molar-refractivity contribution is 7.18. The lowest BCUT2D eigenvalue weighted by atomic mass is 10.2. The second-order valence-electron chi connectivity index (χ2n) is 5.19. The number of thiophene rings is 1. The van der Waals surface area contributed by atoms with Gasteiger partial charge in [0.2, 0.25) is 0 Å². The Kier molecular flexibility index (Phi) is 4.24. The van der Waals surface area contributed by atoms with Gasteiger partial charge >= 0.3 is 5.97 Å². The molecule has 0 saturated heterocycles. The van der Waals surface area contributed by atoms with Crippen LogP contribution < -0.4 is 0 Å². The van der Waals surface area contributed by atoms with Gasteiger partial charge in [0.15, 0.2) is 0 Å². The number of para-hydroxylation sites is 1. The van der Waals surface area contributed by atoms with Gasteiger partial charge in [-0.15, -0.1) is 22.7 Å². The lowest BCUT2D eigenvalue weighted by Crippen LogP contribution is -2.22. The van der Waals surface area contributed by atoms with Crippen molar-refractivity contribution >= 4 is 38.9 Å². The van der Waals surface area contributed by atoms with Crippen molar-refractivity contribution < 1.29 is 9.90 Å². The lowest BCUT2D eigenvalue weighted by Gasteiger charge is -2.22. The van der Waals surface area contributed by atoms with E-state index in [9.17, 15) is 9.90 Å². The summed E-state index contributed by atoms with van der Waals surface area (Å²) in [5.74, 6) is -0.856. The van der Waals surface area contributed by atoms with E-state index in [1.54, 1.807) is 11.3 Å². The Hall–Kier alpha value is -1.76. The van der Waals surface area contributed by atoms with E-state index in [4.69, 9.17) is 0 Å². The number of benzene rings is 1. The van der Waals surface area contributed by atoms with Crippen molar-refractivity contribution in [2.45, 2.75) is 19.5 Å². The van der Waals surface area contributed by atoms with Gasteiger partial charge in [-0.3, -0.25) is 4.90 Å². The van der Waals surface area contributed by atoms with E-state index < -0.39 is 5.97 Å². The van der Waals surface area contributed by atoms with Crippen LogP contribution in [0.15, 0.2) is 35.7 Å². The zero-order valence-electron chi connectivity index (χ0n) is 12.3. The topological polar surface area (TPSA) is 53.4 Å². The van der Waals surface area contributed by atoms with Crippen LogP contribution in [-0.2, 0) is 6.54 Å². The summed E-state index contributed by atoms with van der Waals surface area (Å²) >= 11 is 2.96. The first-order valence-electron chi connectivity index (χ1n) is 6.91. The molecule has 3 rings (SSSR count). The summed E-state index contributed by atoms with van der Waals surface area (Å²) in [4.78, 5) is 18.4. The maximum Gasteiger partial charge on any atom is 0.346 e. The SMILES string of the molecule is CC(c1nc2ccccc2s1)N(C)Cc1ccsc1C(=O)O. The summed E-state index contributed by atoms with van der Waals surface area (Å²) < 4.78 is 1.18. The van der Waals surface area contributed by atoms with Crippen molar-refractivity contribution in [3.63, 3.8) is 0 Å². The summed E-state index contributed by atoms with van der Waals surface area (Å²) in [6.07, 6.45) is 0. The Morgan fingerprint density at radius 3 is 2.86 bits per heavy atom. The smallest absolute Gasteiger partial charge is 0.346 e. The largest absolute Gasteiger partial charge is 0.477 e. The van der Waals surface area contributed by atoms with Gasteiger partial charge in [-0.25, -0.2) is 9.78 Å². The summed E-state index contributed by atoms with van der Waals surface area (Å²) in [6, 6.07) is 10.1. The molecule has 1 aromatic carbocycles. The van der Waals surface area contributed by atoms with Gasteiger partial charge in [-0.1, -0.05) is 12.1 Å². The molecule has 0 fully saturated rings. The van der Waals surface area contributed by atoms with E-state index in [2.05, 4.69) is 22.9 Å². The van der Waals surface area contributed by atoms with E-state index in [-0.39, 0.29) is 6.04 Å². The van der Waals surface area contributed by atoms with E-state index in [0.717, 1.165) is 16.1 Å². The second-order valence-corrected chi connectivity index (χ2v) is 7.17. The number of carboxylic acids is 1. The van der Waals surface area contributed by atoms with Crippen LogP contribution in [0.3, 0.4) is 0 Å². The van der Waals surface area contributed by atoms with E-state index in [1.807, 2.05) is 36.7 Å². The Morgan fingerprint density at radius 1 is 1.36 bits per heavy atom. The van der Waals surface area contributed by atoms with Crippen LogP contribution >= 0.6 is 22.7 Å². The van der Waals surface area contributed by atoms with Gasteiger partial charge in [0.1, 0.15) is 9.88 Å². The fourth-order valence-corrected chi connectivity index (χ4v) is 4.15. The first kappa shape index (κ1) is 15.1. The zero-order valence-corrected chi connectivity index (χ0v) is 13.9. The molecule has 2 aromatic heterocycles. The molecular formula is C16H16N2O2S2. The predicted octanol–water partition coefficient (Wildman–Crippen LogP) is 4.25. The number of rotatable bonds is 5. The standard InChI is InChI=1S/C16H16N2O2S2/c1-10(15-17-12-5-3-4-6-13(12)22-15)18(2)9-11-7-8-21-14(11)16(19)20/h3-8,10H,9H2,1-2H3,(H,19,20). The highest BCUT2D eigenvalue weighted by Gasteiger charge is 2.19. The van der Waals surface area contributed by atoms with Gasteiger partial charge in [0, 0.05) is 6.54 Å². The van der Waals surface area contributed by atoms with Crippen LogP contribution in [0.2, 0.25) is 0 Å². The summed E-state index contributed by atoms with van der Waals surface area (Å²) in [5.41, 5.74) is 1.87. The van der Waals surface area contributed by atoms with E-state index >= 15 is 0 Å². The molecule has 0 amide bonds. The summed E-state index contributed by atoms with van der Waals surface area (Å²) in [5, 5.41) is 12.1. The number of hydrogen-bond donors (Lipinski definition) is 1. The summed E-state index contributed by atoms with van der Waals surface area (Å²) in [6.45, 7) is 2.70. The average molecular weight is 332 g/mol. The molecule has 22 heavy (non-hydrogen) atoms. The third kappa shape index (κ3) is 2.90. The molecule has 0 aliphatic rings. The normalized spacial score (nSPS) is 12.9. The van der Waals surface area contributed by atoms with Crippen molar-refractivity contribution in [2.75, 3.05) is 7.05 Å². The van der Waals surface area contributed by atoms with Crippen molar-refractivity contribution in [3.05, 3.63) is 51.2 Å². The number of aromatic nitrogens is 1. The number of thiazole rings is 1. The first-order chi connectivity index (χ1) is 10.6. The lowest BCUT2D eigenvalue weighted by molar-refractivity contribution is 0.0700. The molecule has 0 spiro atoms. The number of hydrogen-bond acceptors (Lipinski definition) is 5. The van der Waals surface area contributed by atoms with Gasteiger partial charge in [0.05, 0.1) is 16.3 Å². The molecule has 0 saturated carbocycles. The minimum Gasteiger partial charge on any atom is -0.477 e. The molecule has 1 N–H and O–H groups in total. The van der Waals surface area contributed by atoms with Crippen LogP contribution in [0.5, 0.6) is 0 Å². The third-order valence-corrected chi connectivity index (χ3v) is 5.84. The third-order valence-electron chi connectivity index (χ3n) is 3.69. The van der Waals surface area contributed by atoms with Crippen LogP contribution in [0.1, 0.15) is 33.2 Å². The molecule has 1 unspecified atom stereocenters. The Bertz CT molecular complexity index is 776. The molecule has 2 heterocycles. The molecule has 6 heteroatoms. The number of nitrogens with zero attached hydrogens (tertiary/aromatic N) is 2. The first-order valence-corrected chi connectivity index (χ1v) is 8.61. The van der Waals surface area contributed by atoms with Crippen molar-refractivity contribution in [1.82, 2.24) is 9.88 Å². The number of carboxylic acid groups (broad SMARTS) is 1. The quantitative estimate of drug-likeness (QED) is 0.759. The average Bonchev–Trinajstić information content (AvgIpc) is 3.12. The molecule has 0 bridgehead atoms. The van der Waals surface area contributed by atoms with Gasteiger partial charge in [-0.2, -0.15) is 0 Å². The van der Waals surface area contributed by atoms with Crippen LogP contribution in [0, 0.1) is 0 Å². The molecule has 0 aliphatic carbocycles. The molecule has 114 valence electrons. The maximum absolute atomic E-state index is 11.2. The minimum absolute atomic E-state index is 0.138. The van der Waals surface area contributed by atoms with Crippen LogP contribution in [-0.4, -0.2) is 28.0 Å². The van der Waals surface area contributed by atoms with Gasteiger partial charge in [-0.05, 0) is 43.1 Å². The Morgan fingerprint density at radius 2 is 2.14 bits per heavy atom. The fraction of sp³-hybridized carbons (Fsp3) is 0.250. The van der Waals surface area contributed by atoms with E-state index in [0.29, 0.717) is 11.4 Å². The molecule has 3 aromatic rings. The molecule has 0 radical (unpaired) electrons. The Labute approximate surface area is 136 Å².